The van der Waals surface area contributed by atoms with E-state index in [1.165, 1.54) is 6.42 Å². The summed E-state index contributed by atoms with van der Waals surface area (Å²) in [6.45, 7) is 10.4. The molecule has 0 fully saturated rings. The summed E-state index contributed by atoms with van der Waals surface area (Å²) in [5.74, 6) is 0. The fourth-order valence-corrected chi connectivity index (χ4v) is 1.94. The fourth-order valence-electron chi connectivity index (χ4n) is 1.94. The lowest BCUT2D eigenvalue weighted by atomic mass is 9.96. The third-order valence-corrected chi connectivity index (χ3v) is 3.23. The van der Waals surface area contributed by atoms with Gasteiger partial charge in [-0.1, -0.05) is 20.3 Å². The van der Waals surface area contributed by atoms with Crippen molar-refractivity contribution in [1.82, 2.24) is 5.32 Å². The van der Waals surface area contributed by atoms with E-state index < -0.39 is 0 Å². The third-order valence-electron chi connectivity index (χ3n) is 3.23. The van der Waals surface area contributed by atoms with Gasteiger partial charge in [-0.05, 0) is 39.2 Å². The van der Waals surface area contributed by atoms with Crippen molar-refractivity contribution in [2.45, 2.75) is 58.4 Å². The first kappa shape index (κ1) is 18.8. The summed E-state index contributed by atoms with van der Waals surface area (Å²) in [6, 6.07) is 0. The van der Waals surface area contributed by atoms with Crippen LogP contribution in [0.1, 0.15) is 52.9 Å². The zero-order chi connectivity index (χ0) is 14.4. The minimum Gasteiger partial charge on any atom is -0.394 e. The second-order valence-corrected chi connectivity index (χ2v) is 5.28. The molecule has 1 unspecified atom stereocenters. The van der Waals surface area contributed by atoms with Crippen LogP contribution < -0.4 is 5.32 Å². The smallest absolute Gasteiger partial charge is 0.0700 e. The molecule has 4 heteroatoms. The topological polar surface area (TPSA) is 50.7 Å². The van der Waals surface area contributed by atoms with Gasteiger partial charge in [0, 0.05) is 18.8 Å². The lowest BCUT2D eigenvalue weighted by molar-refractivity contribution is 0.0444. The number of ether oxygens (including phenoxy) is 2. The monoisotopic (exact) mass is 275 g/mol. The highest BCUT2D eigenvalue weighted by molar-refractivity contribution is 4.81. The molecule has 19 heavy (non-hydrogen) atoms. The van der Waals surface area contributed by atoms with Crippen LogP contribution in [-0.4, -0.2) is 50.2 Å². The van der Waals surface area contributed by atoms with Crippen molar-refractivity contribution in [3.8, 4) is 0 Å². The fraction of sp³-hybridized carbons (Fsp3) is 1.00. The summed E-state index contributed by atoms with van der Waals surface area (Å²) in [7, 11) is 0. The molecule has 0 spiro atoms. The predicted molar refractivity (Wildman–Crippen MR) is 79.6 cm³/mol. The molecule has 0 saturated carbocycles. The Morgan fingerprint density at radius 3 is 2.11 bits per heavy atom. The average molecular weight is 275 g/mol. The van der Waals surface area contributed by atoms with E-state index in [0.717, 1.165) is 45.4 Å². The minimum atomic E-state index is -0.141. The van der Waals surface area contributed by atoms with Gasteiger partial charge in [0.15, 0.2) is 0 Å². The first-order valence-electron chi connectivity index (χ1n) is 7.70. The van der Waals surface area contributed by atoms with Crippen molar-refractivity contribution in [2.75, 3.05) is 39.6 Å². The first-order chi connectivity index (χ1) is 9.18. The number of likely N-dealkylation sites (N-methyl/N-ethyl adjacent to an activating group) is 1. The van der Waals surface area contributed by atoms with E-state index in [9.17, 15) is 5.11 Å². The second-order valence-electron chi connectivity index (χ2n) is 5.28. The van der Waals surface area contributed by atoms with Crippen LogP contribution >= 0.6 is 0 Å². The first-order valence-corrected chi connectivity index (χ1v) is 7.70. The average Bonchev–Trinajstić information content (AvgIpc) is 2.41. The molecule has 0 bridgehead atoms. The van der Waals surface area contributed by atoms with Gasteiger partial charge in [-0.25, -0.2) is 0 Å². The van der Waals surface area contributed by atoms with Gasteiger partial charge in [0.2, 0.25) is 0 Å². The zero-order valence-electron chi connectivity index (χ0n) is 13.0. The number of aliphatic hydroxyl groups is 1. The maximum absolute atomic E-state index is 9.35. The quantitative estimate of drug-likeness (QED) is 0.478. The molecule has 0 amide bonds. The predicted octanol–water partition coefficient (Wildman–Crippen LogP) is 2.35. The Balaban J connectivity index is 3.30. The molecule has 0 heterocycles. The SMILES string of the molecule is CCCCOCCOCCCCC(C)(CO)NCC. The third kappa shape index (κ3) is 11.4. The molecular formula is C15H33NO3. The molecule has 0 aliphatic carbocycles. The van der Waals surface area contributed by atoms with Gasteiger partial charge in [0.25, 0.3) is 0 Å². The molecule has 0 radical (unpaired) electrons. The largest absolute Gasteiger partial charge is 0.394 e. The summed E-state index contributed by atoms with van der Waals surface area (Å²) < 4.78 is 10.9. The lowest BCUT2D eigenvalue weighted by Crippen LogP contribution is -2.45. The van der Waals surface area contributed by atoms with Crippen LogP contribution in [0.5, 0.6) is 0 Å². The van der Waals surface area contributed by atoms with Crippen molar-refractivity contribution >= 4 is 0 Å². The number of aliphatic hydroxyl groups excluding tert-OH is 1. The van der Waals surface area contributed by atoms with Gasteiger partial charge >= 0.3 is 0 Å². The molecule has 0 aromatic heterocycles. The van der Waals surface area contributed by atoms with Crippen molar-refractivity contribution in [3.05, 3.63) is 0 Å². The number of hydrogen-bond donors (Lipinski definition) is 2. The minimum absolute atomic E-state index is 0.141. The van der Waals surface area contributed by atoms with E-state index in [-0.39, 0.29) is 12.1 Å². The Morgan fingerprint density at radius 1 is 0.947 bits per heavy atom. The van der Waals surface area contributed by atoms with Crippen LogP contribution in [-0.2, 0) is 9.47 Å². The Kier molecular flexibility index (Phi) is 12.7. The van der Waals surface area contributed by atoms with Crippen LogP contribution in [0.3, 0.4) is 0 Å². The van der Waals surface area contributed by atoms with Crippen LogP contribution in [0.2, 0.25) is 0 Å². The molecule has 2 N–H and O–H groups in total. The second kappa shape index (κ2) is 12.9. The van der Waals surface area contributed by atoms with Crippen LogP contribution in [0.15, 0.2) is 0 Å². The van der Waals surface area contributed by atoms with E-state index in [1.54, 1.807) is 0 Å². The van der Waals surface area contributed by atoms with E-state index in [4.69, 9.17) is 9.47 Å². The molecule has 0 rings (SSSR count). The number of unbranched alkanes of at least 4 members (excludes halogenated alkanes) is 2. The van der Waals surface area contributed by atoms with Gasteiger partial charge in [-0.2, -0.15) is 0 Å². The van der Waals surface area contributed by atoms with Gasteiger partial charge in [0.05, 0.1) is 19.8 Å². The normalized spacial score (nSPS) is 14.5. The Hall–Kier alpha value is -0.160. The van der Waals surface area contributed by atoms with Gasteiger partial charge < -0.3 is 19.9 Å². The summed E-state index contributed by atoms with van der Waals surface area (Å²) in [5.41, 5.74) is -0.141. The van der Waals surface area contributed by atoms with E-state index in [1.807, 2.05) is 0 Å². The summed E-state index contributed by atoms with van der Waals surface area (Å²) >= 11 is 0. The molecule has 0 saturated heterocycles. The molecule has 116 valence electrons. The highest BCUT2D eigenvalue weighted by atomic mass is 16.5. The van der Waals surface area contributed by atoms with E-state index >= 15 is 0 Å². The maximum Gasteiger partial charge on any atom is 0.0700 e. The van der Waals surface area contributed by atoms with Gasteiger partial charge in [-0.15, -0.1) is 0 Å². The summed E-state index contributed by atoms with van der Waals surface area (Å²) in [5, 5.41) is 12.7. The van der Waals surface area contributed by atoms with Crippen molar-refractivity contribution < 1.29 is 14.6 Å². The highest BCUT2D eigenvalue weighted by Gasteiger charge is 2.20. The molecule has 0 aromatic carbocycles. The summed E-state index contributed by atoms with van der Waals surface area (Å²) in [6.07, 6.45) is 5.39. The van der Waals surface area contributed by atoms with E-state index in [2.05, 4.69) is 26.1 Å². The van der Waals surface area contributed by atoms with Crippen LogP contribution in [0.4, 0.5) is 0 Å². The maximum atomic E-state index is 9.35. The van der Waals surface area contributed by atoms with E-state index in [0.29, 0.717) is 13.2 Å². The van der Waals surface area contributed by atoms with Gasteiger partial charge in [-0.3, -0.25) is 0 Å². The standard InChI is InChI=1S/C15H33NO3/c1-4-6-10-18-12-13-19-11-8-7-9-15(3,14-17)16-5-2/h16-17H,4-14H2,1-3H3. The Bertz CT molecular complexity index is 190. The molecule has 0 aromatic rings. The van der Waals surface area contributed by atoms with Gasteiger partial charge in [0.1, 0.15) is 0 Å². The molecule has 0 aliphatic rings. The van der Waals surface area contributed by atoms with Crippen LogP contribution in [0, 0.1) is 0 Å². The van der Waals surface area contributed by atoms with Crippen molar-refractivity contribution in [3.63, 3.8) is 0 Å². The Labute approximate surface area is 118 Å². The number of hydrogen-bond acceptors (Lipinski definition) is 4. The number of nitrogens with one attached hydrogen (secondary N) is 1. The van der Waals surface area contributed by atoms with Crippen molar-refractivity contribution in [2.24, 2.45) is 0 Å². The van der Waals surface area contributed by atoms with Crippen molar-refractivity contribution in [1.29, 1.82) is 0 Å². The highest BCUT2D eigenvalue weighted by Crippen LogP contribution is 2.12. The molecular weight excluding hydrogens is 242 g/mol. The molecule has 0 aliphatic heterocycles. The number of rotatable bonds is 14. The molecule has 1 atom stereocenters. The molecule has 4 nitrogen and oxygen atoms in total. The lowest BCUT2D eigenvalue weighted by Gasteiger charge is -2.28. The summed E-state index contributed by atoms with van der Waals surface area (Å²) in [4.78, 5) is 0. The Morgan fingerprint density at radius 2 is 1.58 bits per heavy atom. The van der Waals surface area contributed by atoms with Crippen LogP contribution in [0.25, 0.3) is 0 Å². The zero-order valence-corrected chi connectivity index (χ0v) is 13.0.